The van der Waals surface area contributed by atoms with Crippen molar-refractivity contribution in [1.29, 1.82) is 0 Å². The Morgan fingerprint density at radius 3 is 1.19 bits per heavy atom. The van der Waals surface area contributed by atoms with Gasteiger partial charge in [0.15, 0.2) is 23.3 Å². The Morgan fingerprint density at radius 2 is 0.827 bits per heavy atom. The highest BCUT2D eigenvalue weighted by atomic mass is 32.2. The van der Waals surface area contributed by atoms with Crippen LogP contribution in [0.2, 0.25) is 0 Å². The summed E-state index contributed by atoms with van der Waals surface area (Å²) in [5, 5.41) is 6.57. The van der Waals surface area contributed by atoms with Crippen LogP contribution in [-0.4, -0.2) is 56.8 Å². The number of fused-ring (bicyclic) bond motifs is 2. The van der Waals surface area contributed by atoms with Gasteiger partial charge in [-0.15, -0.1) is 0 Å². The van der Waals surface area contributed by atoms with Crippen LogP contribution in [0.4, 0.5) is 34.6 Å². The van der Waals surface area contributed by atoms with E-state index in [1.165, 1.54) is 12.1 Å². The summed E-state index contributed by atoms with van der Waals surface area (Å²) in [6.07, 6.45) is 0. The van der Waals surface area contributed by atoms with Crippen LogP contribution in [-0.2, 0) is 10.0 Å². The van der Waals surface area contributed by atoms with E-state index in [2.05, 4.69) is 10.6 Å². The van der Waals surface area contributed by atoms with Crippen molar-refractivity contribution in [3.63, 3.8) is 0 Å². The van der Waals surface area contributed by atoms with Crippen LogP contribution in [0.15, 0.2) is 120 Å². The predicted molar refractivity (Wildman–Crippen MR) is 201 cm³/mol. The number of rotatable bonds is 12. The third kappa shape index (κ3) is 6.74. The fraction of sp³-hybridized carbons (Fsp3) is 0.105. The highest BCUT2D eigenvalue weighted by Crippen LogP contribution is 2.42. The lowest BCUT2D eigenvalue weighted by molar-refractivity contribution is 0.394. The van der Waals surface area contributed by atoms with Gasteiger partial charge in [-0.05, 0) is 36.4 Å². The topological polar surface area (TPSA) is 150 Å². The van der Waals surface area contributed by atoms with E-state index in [0.717, 1.165) is 4.31 Å². The smallest absolute Gasteiger partial charge is 0.271 e. The number of para-hydroxylation sites is 4. The Kier molecular flexibility index (Phi) is 9.29. The first kappa shape index (κ1) is 33.8. The highest BCUT2D eigenvalue weighted by Gasteiger charge is 2.35. The molecule has 2 N–H and O–H groups in total. The van der Waals surface area contributed by atoms with Crippen molar-refractivity contribution < 1.29 is 27.4 Å². The van der Waals surface area contributed by atoms with Gasteiger partial charge in [0.05, 0.1) is 55.4 Å². The minimum absolute atomic E-state index is 0.0112. The zero-order chi connectivity index (χ0) is 36.2. The first-order valence-corrected chi connectivity index (χ1v) is 17.4. The van der Waals surface area contributed by atoms with Crippen molar-refractivity contribution >= 4 is 66.7 Å². The van der Waals surface area contributed by atoms with Crippen LogP contribution in [0, 0.1) is 0 Å². The summed E-state index contributed by atoms with van der Waals surface area (Å²) in [5.41, 5.74) is 2.94. The van der Waals surface area contributed by atoms with E-state index < -0.39 is 10.0 Å². The maximum absolute atomic E-state index is 15.1. The Hall–Kier alpha value is -6.67. The van der Waals surface area contributed by atoms with E-state index in [4.69, 9.17) is 38.9 Å². The molecule has 2 heterocycles. The maximum atomic E-state index is 15.1. The minimum Gasteiger partial charge on any atom is -0.497 e. The van der Waals surface area contributed by atoms with E-state index in [1.54, 1.807) is 119 Å². The Labute approximate surface area is 299 Å². The number of hydrogen-bond donors (Lipinski definition) is 2. The fourth-order valence-corrected chi connectivity index (χ4v) is 6.91. The fourth-order valence-electron chi connectivity index (χ4n) is 5.49. The van der Waals surface area contributed by atoms with Crippen LogP contribution in [0.5, 0.6) is 23.0 Å². The molecule has 7 rings (SSSR count). The number of nitrogens with one attached hydrogen (secondary N) is 2. The molecule has 0 aliphatic carbocycles. The summed E-state index contributed by atoms with van der Waals surface area (Å²) < 4.78 is 53.2. The molecule has 2 aromatic heterocycles. The average Bonchev–Trinajstić information content (AvgIpc) is 3.18. The Balaban J connectivity index is 1.53. The molecule has 0 amide bonds. The number of benzene rings is 5. The predicted octanol–water partition coefficient (Wildman–Crippen LogP) is 7.62. The number of ether oxygens (including phenoxy) is 4. The van der Waals surface area contributed by atoms with Gasteiger partial charge < -0.3 is 29.6 Å². The molecule has 13 nitrogen and oxygen atoms in total. The van der Waals surface area contributed by atoms with Gasteiger partial charge in [0.1, 0.15) is 23.0 Å². The second-order valence-electron chi connectivity index (χ2n) is 11.3. The summed E-state index contributed by atoms with van der Waals surface area (Å²) in [6.45, 7) is 0. The van der Waals surface area contributed by atoms with Crippen molar-refractivity contribution in [2.45, 2.75) is 4.90 Å². The molecule has 0 saturated carbocycles. The van der Waals surface area contributed by atoms with Crippen LogP contribution in [0.1, 0.15) is 0 Å². The van der Waals surface area contributed by atoms with Crippen LogP contribution in [0.3, 0.4) is 0 Å². The monoisotopic (exact) mass is 715 g/mol. The molecule has 0 fully saturated rings. The third-order valence-corrected chi connectivity index (χ3v) is 9.69. The lowest BCUT2D eigenvalue weighted by atomic mass is 10.2. The number of anilines is 6. The maximum Gasteiger partial charge on any atom is 0.271 e. The molecule has 262 valence electrons. The Bertz CT molecular complexity index is 2330. The lowest BCUT2D eigenvalue weighted by Crippen LogP contribution is -2.30. The zero-order valence-electron chi connectivity index (χ0n) is 28.6. The molecule has 0 atom stereocenters. The van der Waals surface area contributed by atoms with Crippen molar-refractivity contribution in [2.24, 2.45) is 0 Å². The van der Waals surface area contributed by atoms with Crippen LogP contribution >= 0.6 is 0 Å². The van der Waals surface area contributed by atoms with E-state index in [-0.39, 0.29) is 28.2 Å². The molecule has 52 heavy (non-hydrogen) atoms. The van der Waals surface area contributed by atoms with E-state index in [0.29, 0.717) is 56.4 Å². The number of aromatic nitrogens is 4. The van der Waals surface area contributed by atoms with Crippen molar-refractivity contribution in [1.82, 2.24) is 19.9 Å². The van der Waals surface area contributed by atoms with Gasteiger partial charge in [0.25, 0.3) is 10.0 Å². The summed E-state index contributed by atoms with van der Waals surface area (Å²) in [5.74, 6) is 2.10. The molecule has 14 heteroatoms. The lowest BCUT2D eigenvalue weighted by Gasteiger charge is -2.27. The zero-order valence-corrected chi connectivity index (χ0v) is 29.4. The van der Waals surface area contributed by atoms with Crippen molar-refractivity contribution in [2.75, 3.05) is 43.4 Å². The summed E-state index contributed by atoms with van der Waals surface area (Å²) in [4.78, 5) is 19.6. The highest BCUT2D eigenvalue weighted by molar-refractivity contribution is 7.93. The molecular weight excluding hydrogens is 683 g/mol. The van der Waals surface area contributed by atoms with Gasteiger partial charge in [0.2, 0.25) is 0 Å². The number of sulfonamides is 1. The number of nitrogens with zero attached hydrogens (tertiary/aromatic N) is 5. The molecule has 0 unspecified atom stereocenters. The number of hydrogen-bond acceptors (Lipinski definition) is 12. The summed E-state index contributed by atoms with van der Waals surface area (Å²) in [7, 11) is 1.69. The third-order valence-electron chi connectivity index (χ3n) is 8.00. The molecule has 7 aromatic rings. The molecule has 0 aliphatic heterocycles. The van der Waals surface area contributed by atoms with E-state index >= 15 is 8.42 Å². The Morgan fingerprint density at radius 1 is 0.481 bits per heavy atom. The summed E-state index contributed by atoms with van der Waals surface area (Å²) in [6, 6.07) is 32.8. The average molecular weight is 716 g/mol. The molecule has 0 saturated heterocycles. The molecule has 0 bridgehead atoms. The van der Waals surface area contributed by atoms with Gasteiger partial charge >= 0.3 is 0 Å². The molecule has 0 spiro atoms. The SMILES string of the molecule is COc1cc(Nc2nc3ccccc3nc2N(c2nc3ccccc3nc2Nc2cc(OC)cc(OC)c2)S(=O)(=O)c2ccccc2)cc(OC)c1. The van der Waals surface area contributed by atoms with E-state index in [9.17, 15) is 0 Å². The van der Waals surface area contributed by atoms with Crippen LogP contribution in [0.25, 0.3) is 22.1 Å². The van der Waals surface area contributed by atoms with Crippen molar-refractivity contribution in [3.05, 3.63) is 115 Å². The largest absolute Gasteiger partial charge is 0.497 e. The van der Waals surface area contributed by atoms with Gasteiger partial charge in [-0.3, -0.25) is 0 Å². The second-order valence-corrected chi connectivity index (χ2v) is 13.1. The van der Waals surface area contributed by atoms with Gasteiger partial charge in [-0.2, -0.15) is 4.31 Å². The first-order chi connectivity index (χ1) is 25.3. The minimum atomic E-state index is -4.48. The molecule has 5 aromatic carbocycles. The quantitative estimate of drug-likeness (QED) is 0.128. The van der Waals surface area contributed by atoms with Gasteiger partial charge in [0, 0.05) is 47.8 Å². The standard InChI is InChI=1S/C38H33N7O6S/c1-48-26-18-24(19-27(22-26)49-2)39-35-37(43-33-16-10-8-14-31(33)41-35)45(52(46,47)30-12-6-5-7-13-30)38-36(42-32-15-9-11-17-34(32)44-38)40-25-20-28(50-3)23-29(21-25)51-4/h5-23H,1-4H3,(H,39,41)(H,40,42). The molecule has 0 aliphatic rings. The molecule has 0 radical (unpaired) electrons. The summed E-state index contributed by atoms with van der Waals surface area (Å²) >= 11 is 0. The number of methoxy groups -OCH3 is 4. The molecular formula is C38H33N7O6S. The van der Waals surface area contributed by atoms with Gasteiger partial charge in [-0.25, -0.2) is 28.4 Å². The second kappa shape index (κ2) is 14.3. The first-order valence-electron chi connectivity index (χ1n) is 15.9. The van der Waals surface area contributed by atoms with E-state index in [1.807, 2.05) is 12.1 Å². The van der Waals surface area contributed by atoms with Gasteiger partial charge in [-0.1, -0.05) is 42.5 Å². The van der Waals surface area contributed by atoms with Crippen molar-refractivity contribution in [3.8, 4) is 23.0 Å². The normalized spacial score (nSPS) is 11.2. The van der Waals surface area contributed by atoms with Crippen LogP contribution < -0.4 is 33.9 Å².